The zero-order valence-corrected chi connectivity index (χ0v) is 18.2. The van der Waals surface area contributed by atoms with E-state index in [4.69, 9.17) is 21.7 Å². The maximum absolute atomic E-state index is 12.9. The molecule has 0 saturated carbocycles. The minimum Gasteiger partial charge on any atom is -0.481 e. The molecule has 4 atom stereocenters. The van der Waals surface area contributed by atoms with E-state index < -0.39 is 60.2 Å². The topological polar surface area (TPSA) is 243 Å². The molecule has 14 nitrogen and oxygen atoms in total. The van der Waals surface area contributed by atoms with Gasteiger partial charge in [-0.1, -0.05) is 0 Å². The average molecular weight is 469 g/mol. The van der Waals surface area contributed by atoms with Gasteiger partial charge in [0, 0.05) is 18.3 Å². The number of nitrogens with one attached hydrogen (secondary N) is 4. The van der Waals surface area contributed by atoms with Crippen LogP contribution in [0.4, 0.5) is 0 Å². The first kappa shape index (κ1) is 27.5. The molecule has 0 aliphatic heterocycles. The van der Waals surface area contributed by atoms with Gasteiger partial charge in [-0.05, 0) is 32.7 Å². The number of nitrogens with two attached hydrogens (primary N) is 2. The number of unbranched alkanes of at least 4 members (excludes halogenated alkanes) is 1. The Hall–Kier alpha value is -3.52. The van der Waals surface area contributed by atoms with E-state index in [1.54, 1.807) is 0 Å². The van der Waals surface area contributed by atoms with Gasteiger partial charge >= 0.3 is 11.9 Å². The molecule has 0 fully saturated rings. The summed E-state index contributed by atoms with van der Waals surface area (Å²) in [6.45, 7) is 1.63. The van der Waals surface area contributed by atoms with Crippen LogP contribution in [0.1, 0.15) is 38.3 Å². The zero-order chi connectivity index (χ0) is 25.0. The number of hydrogen-bond donors (Lipinski definition) is 8. The lowest BCUT2D eigenvalue weighted by Crippen LogP contribution is -2.57. The first-order valence-electron chi connectivity index (χ1n) is 10.3. The number of imidazole rings is 1. The summed E-state index contributed by atoms with van der Waals surface area (Å²) in [6, 6.07) is -4.86. The fourth-order valence-electron chi connectivity index (χ4n) is 2.79. The number of carboxylic acid groups (broad SMARTS) is 2. The van der Waals surface area contributed by atoms with Crippen molar-refractivity contribution in [3.63, 3.8) is 0 Å². The Bertz CT molecular complexity index is 815. The number of carboxylic acids is 2. The van der Waals surface area contributed by atoms with Crippen molar-refractivity contribution >= 4 is 29.7 Å². The van der Waals surface area contributed by atoms with Gasteiger partial charge in [0.05, 0.1) is 18.8 Å². The summed E-state index contributed by atoms with van der Waals surface area (Å²) < 4.78 is 0. The molecule has 4 unspecified atom stereocenters. The second-order valence-electron chi connectivity index (χ2n) is 7.46. The van der Waals surface area contributed by atoms with Gasteiger partial charge in [-0.15, -0.1) is 0 Å². The summed E-state index contributed by atoms with van der Waals surface area (Å²) >= 11 is 0. The van der Waals surface area contributed by atoms with Crippen molar-refractivity contribution in [2.75, 3.05) is 6.54 Å². The smallest absolute Gasteiger partial charge is 0.325 e. The van der Waals surface area contributed by atoms with Crippen molar-refractivity contribution in [1.82, 2.24) is 25.9 Å². The van der Waals surface area contributed by atoms with Gasteiger partial charge in [0.2, 0.25) is 17.7 Å². The van der Waals surface area contributed by atoms with Crippen molar-refractivity contribution in [3.05, 3.63) is 18.2 Å². The third-order valence-corrected chi connectivity index (χ3v) is 4.65. The molecule has 33 heavy (non-hydrogen) atoms. The number of aromatic nitrogens is 2. The molecule has 0 radical (unpaired) electrons. The van der Waals surface area contributed by atoms with Crippen LogP contribution in [0.15, 0.2) is 12.5 Å². The lowest BCUT2D eigenvalue weighted by molar-refractivity contribution is -0.141. The van der Waals surface area contributed by atoms with E-state index in [1.165, 1.54) is 19.4 Å². The summed E-state index contributed by atoms with van der Waals surface area (Å²) in [5, 5.41) is 25.1. The maximum Gasteiger partial charge on any atom is 0.325 e. The summed E-state index contributed by atoms with van der Waals surface area (Å²) in [5.41, 5.74) is 11.6. The fraction of sp³-hybridized carbons (Fsp3) is 0.579. The van der Waals surface area contributed by atoms with Gasteiger partial charge in [0.15, 0.2) is 0 Å². The Kier molecular flexibility index (Phi) is 11.5. The van der Waals surface area contributed by atoms with Crippen molar-refractivity contribution in [2.45, 2.75) is 63.2 Å². The van der Waals surface area contributed by atoms with Crippen LogP contribution in [0.2, 0.25) is 0 Å². The number of H-pyrrole nitrogens is 1. The number of nitrogens with zero attached hydrogens (tertiary/aromatic N) is 1. The van der Waals surface area contributed by atoms with Crippen LogP contribution in [-0.4, -0.2) is 80.6 Å². The number of hydrogen-bond acceptors (Lipinski definition) is 8. The van der Waals surface area contributed by atoms with Crippen molar-refractivity contribution in [3.8, 4) is 0 Å². The lowest BCUT2D eigenvalue weighted by Gasteiger charge is -2.24. The highest BCUT2D eigenvalue weighted by atomic mass is 16.4. The number of amides is 3. The van der Waals surface area contributed by atoms with Crippen LogP contribution in [0, 0.1) is 0 Å². The fourth-order valence-corrected chi connectivity index (χ4v) is 2.79. The Morgan fingerprint density at radius 1 is 1.03 bits per heavy atom. The largest absolute Gasteiger partial charge is 0.481 e. The maximum atomic E-state index is 12.9. The molecule has 0 bridgehead atoms. The van der Waals surface area contributed by atoms with Crippen LogP contribution < -0.4 is 27.4 Å². The van der Waals surface area contributed by atoms with Crippen LogP contribution in [0.5, 0.6) is 0 Å². The van der Waals surface area contributed by atoms with Crippen molar-refractivity contribution < 1.29 is 34.2 Å². The monoisotopic (exact) mass is 469 g/mol. The lowest BCUT2D eigenvalue weighted by atomic mass is 10.1. The zero-order valence-electron chi connectivity index (χ0n) is 18.2. The molecule has 0 aliphatic rings. The number of aliphatic carboxylic acids is 2. The molecule has 3 amide bonds. The molecule has 0 spiro atoms. The number of aromatic amines is 1. The third-order valence-electron chi connectivity index (χ3n) is 4.65. The van der Waals surface area contributed by atoms with Crippen LogP contribution in [0.25, 0.3) is 0 Å². The van der Waals surface area contributed by atoms with Crippen LogP contribution in [0.3, 0.4) is 0 Å². The second kappa shape index (κ2) is 13.8. The van der Waals surface area contributed by atoms with Gasteiger partial charge in [-0.3, -0.25) is 24.0 Å². The standard InChI is InChI=1S/C19H31N7O7/c1-10(19(32)33)24-18(31)14(6-11-8-22-9-23-11)26-17(30)13(4-2-3-5-20)25-16(29)12(21)7-15(27)28/h8-10,12-14H,2-7,20-21H2,1H3,(H,22,23)(H,24,31)(H,25,29)(H,26,30)(H,27,28)(H,32,33). The van der Waals surface area contributed by atoms with Crippen molar-refractivity contribution in [2.24, 2.45) is 11.5 Å². The Morgan fingerprint density at radius 3 is 2.21 bits per heavy atom. The van der Waals surface area contributed by atoms with Crippen molar-refractivity contribution in [1.29, 1.82) is 0 Å². The molecule has 0 aliphatic carbocycles. The predicted octanol–water partition coefficient (Wildman–Crippen LogP) is -2.56. The third kappa shape index (κ3) is 10.1. The quantitative estimate of drug-likeness (QED) is 0.125. The number of carbonyl (C=O) groups is 5. The average Bonchev–Trinajstić information content (AvgIpc) is 3.24. The van der Waals surface area contributed by atoms with E-state index in [-0.39, 0.29) is 12.8 Å². The Morgan fingerprint density at radius 2 is 1.67 bits per heavy atom. The molecule has 1 aromatic rings. The molecule has 1 heterocycles. The summed E-state index contributed by atoms with van der Waals surface area (Å²) in [7, 11) is 0. The summed E-state index contributed by atoms with van der Waals surface area (Å²) in [6.07, 6.45) is 3.38. The summed E-state index contributed by atoms with van der Waals surface area (Å²) in [4.78, 5) is 66.4. The normalized spacial score (nSPS) is 14.4. The van der Waals surface area contributed by atoms with Gasteiger partial charge in [-0.25, -0.2) is 4.98 Å². The minimum absolute atomic E-state index is 0.0219. The van der Waals surface area contributed by atoms with Crippen LogP contribution in [-0.2, 0) is 30.4 Å². The second-order valence-corrected chi connectivity index (χ2v) is 7.46. The summed E-state index contributed by atoms with van der Waals surface area (Å²) in [5.74, 6) is -4.83. The van der Waals surface area contributed by atoms with E-state index in [0.29, 0.717) is 25.1 Å². The number of rotatable bonds is 15. The Balaban J connectivity index is 2.98. The van der Waals surface area contributed by atoms with E-state index >= 15 is 0 Å². The minimum atomic E-state index is -1.37. The number of carbonyl (C=O) groups excluding carboxylic acids is 3. The van der Waals surface area contributed by atoms with Gasteiger partial charge in [-0.2, -0.15) is 0 Å². The van der Waals surface area contributed by atoms with E-state index in [1.807, 2.05) is 0 Å². The van der Waals surface area contributed by atoms with Gasteiger partial charge < -0.3 is 42.6 Å². The van der Waals surface area contributed by atoms with Gasteiger partial charge in [0.1, 0.15) is 18.1 Å². The molecule has 14 heteroatoms. The molecule has 1 aromatic heterocycles. The molecular formula is C19H31N7O7. The molecule has 0 saturated heterocycles. The predicted molar refractivity (Wildman–Crippen MR) is 115 cm³/mol. The molecule has 1 rings (SSSR count). The molecular weight excluding hydrogens is 438 g/mol. The SMILES string of the molecule is CC(NC(=O)C(Cc1cnc[nH]1)NC(=O)C(CCCCN)NC(=O)C(N)CC(=O)O)C(=O)O. The van der Waals surface area contributed by atoms with E-state index in [0.717, 1.165) is 0 Å². The highest BCUT2D eigenvalue weighted by Gasteiger charge is 2.30. The molecule has 0 aromatic carbocycles. The van der Waals surface area contributed by atoms with Crippen LogP contribution >= 0.6 is 0 Å². The molecule has 10 N–H and O–H groups in total. The first-order chi connectivity index (χ1) is 15.5. The highest BCUT2D eigenvalue weighted by molar-refractivity contribution is 5.94. The van der Waals surface area contributed by atoms with E-state index in [9.17, 15) is 24.0 Å². The highest BCUT2D eigenvalue weighted by Crippen LogP contribution is 2.05. The van der Waals surface area contributed by atoms with Gasteiger partial charge in [0.25, 0.3) is 0 Å². The Labute approximate surface area is 189 Å². The first-order valence-corrected chi connectivity index (χ1v) is 10.3. The van der Waals surface area contributed by atoms with E-state index in [2.05, 4.69) is 25.9 Å². The molecule has 184 valence electrons.